The van der Waals surface area contributed by atoms with Gasteiger partial charge in [0.2, 0.25) is 0 Å². The molecule has 1 unspecified atom stereocenters. The first kappa shape index (κ1) is 13.0. The molecule has 0 amide bonds. The number of benzene rings is 1. The summed E-state index contributed by atoms with van der Waals surface area (Å²) in [5.74, 6) is 0. The Hall–Kier alpha value is -1.47. The summed E-state index contributed by atoms with van der Waals surface area (Å²) in [7, 11) is 0. The molecular formula is C11H9F3N2OS. The Balaban J connectivity index is 2.36. The van der Waals surface area contributed by atoms with E-state index in [9.17, 15) is 18.3 Å². The van der Waals surface area contributed by atoms with Gasteiger partial charge in [0.25, 0.3) is 0 Å². The van der Waals surface area contributed by atoms with Crippen LogP contribution in [0.15, 0.2) is 24.4 Å². The van der Waals surface area contributed by atoms with Crippen molar-refractivity contribution in [3.05, 3.63) is 46.8 Å². The third-order valence-electron chi connectivity index (χ3n) is 2.55. The molecule has 96 valence electrons. The van der Waals surface area contributed by atoms with Gasteiger partial charge in [0, 0.05) is 0 Å². The molecule has 0 aliphatic heterocycles. The molecule has 0 aliphatic carbocycles. The molecule has 2 rings (SSSR count). The molecule has 0 fully saturated rings. The fourth-order valence-corrected chi connectivity index (χ4v) is 2.05. The highest BCUT2D eigenvalue weighted by molar-refractivity contribution is 6.99. The molecule has 2 aromatic rings. The van der Waals surface area contributed by atoms with Gasteiger partial charge in [0.1, 0.15) is 11.8 Å². The number of halogens is 3. The number of hydrogen-bond donors (Lipinski definition) is 1. The van der Waals surface area contributed by atoms with Crippen molar-refractivity contribution in [2.75, 3.05) is 0 Å². The summed E-state index contributed by atoms with van der Waals surface area (Å²) in [5, 5.41) is 9.98. The first-order chi connectivity index (χ1) is 8.39. The number of aromatic nitrogens is 2. The summed E-state index contributed by atoms with van der Waals surface area (Å²) >= 11 is 0.936. The molecule has 0 bridgehead atoms. The van der Waals surface area contributed by atoms with Gasteiger partial charge in [-0.2, -0.15) is 21.9 Å². The average molecular weight is 274 g/mol. The minimum atomic E-state index is -4.38. The third kappa shape index (κ3) is 2.51. The van der Waals surface area contributed by atoms with Gasteiger partial charge in [0.15, 0.2) is 0 Å². The summed E-state index contributed by atoms with van der Waals surface area (Å²) in [5.41, 5.74) is 0.372. The van der Waals surface area contributed by atoms with E-state index in [4.69, 9.17) is 0 Å². The lowest BCUT2D eigenvalue weighted by atomic mass is 9.99. The molecule has 0 spiro atoms. The Kier molecular flexibility index (Phi) is 3.36. The predicted molar refractivity (Wildman–Crippen MR) is 60.2 cm³/mol. The zero-order chi connectivity index (χ0) is 13.3. The quantitative estimate of drug-likeness (QED) is 0.915. The van der Waals surface area contributed by atoms with E-state index in [2.05, 4.69) is 8.75 Å². The summed E-state index contributed by atoms with van der Waals surface area (Å²) in [6.07, 6.45) is -4.03. The van der Waals surface area contributed by atoms with E-state index < -0.39 is 17.8 Å². The largest absolute Gasteiger partial charge is 0.416 e. The van der Waals surface area contributed by atoms with E-state index in [1.165, 1.54) is 19.2 Å². The Labute approximate surface area is 105 Å². The van der Waals surface area contributed by atoms with Crippen LogP contribution in [0.25, 0.3) is 0 Å². The Morgan fingerprint density at radius 1 is 1.33 bits per heavy atom. The van der Waals surface area contributed by atoms with Crippen molar-refractivity contribution in [2.24, 2.45) is 0 Å². The molecule has 18 heavy (non-hydrogen) atoms. The highest BCUT2D eigenvalue weighted by Crippen LogP contribution is 2.32. The highest BCUT2D eigenvalue weighted by atomic mass is 32.1. The Morgan fingerprint density at radius 3 is 2.56 bits per heavy atom. The maximum absolute atomic E-state index is 12.5. The van der Waals surface area contributed by atoms with Crippen molar-refractivity contribution >= 4 is 11.7 Å². The molecule has 1 aromatic carbocycles. The van der Waals surface area contributed by atoms with Gasteiger partial charge >= 0.3 is 6.18 Å². The molecule has 1 heterocycles. The van der Waals surface area contributed by atoms with Crippen LogP contribution in [0.4, 0.5) is 13.2 Å². The number of alkyl halides is 3. The fraction of sp³-hybridized carbons (Fsp3) is 0.273. The van der Waals surface area contributed by atoms with Gasteiger partial charge < -0.3 is 5.11 Å². The van der Waals surface area contributed by atoms with Crippen molar-refractivity contribution < 1.29 is 18.3 Å². The van der Waals surface area contributed by atoms with Crippen LogP contribution in [0, 0.1) is 6.92 Å². The number of rotatable bonds is 2. The summed E-state index contributed by atoms with van der Waals surface area (Å²) in [4.78, 5) is 0. The van der Waals surface area contributed by atoms with Crippen molar-refractivity contribution in [2.45, 2.75) is 19.2 Å². The molecule has 0 saturated carbocycles. The van der Waals surface area contributed by atoms with Gasteiger partial charge in [-0.15, -0.1) is 0 Å². The topological polar surface area (TPSA) is 46.0 Å². The molecule has 3 nitrogen and oxygen atoms in total. The van der Waals surface area contributed by atoms with Gasteiger partial charge in [-0.1, -0.05) is 6.07 Å². The lowest BCUT2D eigenvalue weighted by molar-refractivity contribution is -0.137. The molecule has 1 N–H and O–H groups in total. The predicted octanol–water partition coefficient (Wildman–Crippen LogP) is 2.95. The van der Waals surface area contributed by atoms with Crippen LogP contribution in [-0.4, -0.2) is 13.9 Å². The first-order valence-electron chi connectivity index (χ1n) is 5.03. The van der Waals surface area contributed by atoms with E-state index in [1.54, 1.807) is 0 Å². The third-order valence-corrected chi connectivity index (χ3v) is 3.04. The van der Waals surface area contributed by atoms with Crippen LogP contribution in [0.2, 0.25) is 0 Å². The van der Waals surface area contributed by atoms with Gasteiger partial charge in [-0.05, 0) is 30.2 Å². The van der Waals surface area contributed by atoms with Gasteiger partial charge in [0.05, 0.1) is 23.5 Å². The second kappa shape index (κ2) is 4.66. The van der Waals surface area contributed by atoms with Crippen LogP contribution in [0.1, 0.15) is 28.5 Å². The SMILES string of the molecule is Cc1cc(C(F)(F)F)ccc1C(O)c1cnsn1. The number of aliphatic hydroxyl groups excluding tert-OH is 1. The molecular weight excluding hydrogens is 265 g/mol. The lowest BCUT2D eigenvalue weighted by Crippen LogP contribution is -2.08. The summed E-state index contributed by atoms with van der Waals surface area (Å²) in [6.45, 7) is 1.52. The maximum atomic E-state index is 12.5. The molecule has 1 aromatic heterocycles. The minimum absolute atomic E-state index is 0.336. The smallest absolute Gasteiger partial charge is 0.382 e. The zero-order valence-electron chi connectivity index (χ0n) is 9.27. The van der Waals surface area contributed by atoms with E-state index in [0.717, 1.165) is 23.9 Å². The maximum Gasteiger partial charge on any atom is 0.416 e. The van der Waals surface area contributed by atoms with Gasteiger partial charge in [-0.25, -0.2) is 0 Å². The first-order valence-corrected chi connectivity index (χ1v) is 5.76. The van der Waals surface area contributed by atoms with Crippen LogP contribution in [0.3, 0.4) is 0 Å². The van der Waals surface area contributed by atoms with E-state index >= 15 is 0 Å². The second-order valence-corrected chi connectivity index (χ2v) is 4.36. The van der Waals surface area contributed by atoms with Gasteiger partial charge in [-0.3, -0.25) is 0 Å². The van der Waals surface area contributed by atoms with E-state index in [1.807, 2.05) is 0 Å². The van der Waals surface area contributed by atoms with Crippen molar-refractivity contribution in [1.29, 1.82) is 0 Å². The number of aliphatic hydroxyl groups is 1. The molecule has 0 aliphatic rings. The van der Waals surface area contributed by atoms with Crippen LogP contribution >= 0.6 is 11.7 Å². The van der Waals surface area contributed by atoms with Crippen molar-refractivity contribution in [1.82, 2.24) is 8.75 Å². The molecule has 1 atom stereocenters. The van der Waals surface area contributed by atoms with Crippen LogP contribution in [-0.2, 0) is 6.18 Å². The zero-order valence-corrected chi connectivity index (χ0v) is 10.1. The fourth-order valence-electron chi connectivity index (χ4n) is 1.61. The Bertz CT molecular complexity index is 540. The standard InChI is InChI=1S/C11H9F3N2OS/c1-6-4-7(11(12,13)14)2-3-8(6)10(17)9-5-15-18-16-9/h2-5,10,17H,1H3. The molecule has 0 saturated heterocycles. The average Bonchev–Trinajstić information content (AvgIpc) is 2.80. The van der Waals surface area contributed by atoms with Crippen LogP contribution in [0.5, 0.6) is 0 Å². The number of nitrogens with zero attached hydrogens (tertiary/aromatic N) is 2. The molecule has 7 heteroatoms. The van der Waals surface area contributed by atoms with Crippen molar-refractivity contribution in [3.63, 3.8) is 0 Å². The Morgan fingerprint density at radius 2 is 2.06 bits per heavy atom. The van der Waals surface area contributed by atoms with Crippen LogP contribution < -0.4 is 0 Å². The normalized spacial score (nSPS) is 13.6. The van der Waals surface area contributed by atoms with E-state index in [-0.39, 0.29) is 0 Å². The van der Waals surface area contributed by atoms with Crippen molar-refractivity contribution in [3.8, 4) is 0 Å². The summed E-state index contributed by atoms with van der Waals surface area (Å²) in [6, 6.07) is 3.23. The minimum Gasteiger partial charge on any atom is -0.382 e. The monoisotopic (exact) mass is 274 g/mol. The lowest BCUT2D eigenvalue weighted by Gasteiger charge is -2.14. The highest BCUT2D eigenvalue weighted by Gasteiger charge is 2.31. The summed E-state index contributed by atoms with van der Waals surface area (Å²) < 4.78 is 45.1. The van der Waals surface area contributed by atoms with E-state index in [0.29, 0.717) is 16.8 Å². The second-order valence-electron chi connectivity index (χ2n) is 3.80. The number of aryl methyl sites for hydroxylation is 1. The molecule has 0 radical (unpaired) electrons. The number of hydrogen-bond acceptors (Lipinski definition) is 4.